The zero-order chi connectivity index (χ0) is 12.3. The molecule has 0 amide bonds. The van der Waals surface area contributed by atoms with E-state index in [0.717, 1.165) is 16.7 Å². The molecule has 1 unspecified atom stereocenters. The van der Waals surface area contributed by atoms with E-state index in [9.17, 15) is 10.2 Å². The van der Waals surface area contributed by atoms with Gasteiger partial charge in [0.05, 0.1) is 6.04 Å². The van der Waals surface area contributed by atoms with Crippen molar-refractivity contribution in [2.24, 2.45) is 0 Å². The number of benzene rings is 1. The minimum absolute atomic E-state index is 0. The molecule has 98 valence electrons. The SMILES string of the molecule is Cc1cc(C(O)C[NH2+]C(C)C)cc(C)c1O.[Cl-]. The topological polar surface area (TPSA) is 57.1 Å². The Morgan fingerprint density at radius 1 is 1.18 bits per heavy atom. The Morgan fingerprint density at radius 2 is 1.65 bits per heavy atom. The van der Waals surface area contributed by atoms with Gasteiger partial charge in [-0.05, 0) is 56.5 Å². The monoisotopic (exact) mass is 259 g/mol. The van der Waals surface area contributed by atoms with Gasteiger partial charge in [0.1, 0.15) is 18.4 Å². The van der Waals surface area contributed by atoms with Gasteiger partial charge in [-0.15, -0.1) is 0 Å². The summed E-state index contributed by atoms with van der Waals surface area (Å²) in [5.74, 6) is 0.323. The number of aryl methyl sites for hydroxylation is 2. The summed E-state index contributed by atoms with van der Waals surface area (Å²) < 4.78 is 0. The van der Waals surface area contributed by atoms with Crippen molar-refractivity contribution < 1.29 is 27.9 Å². The fourth-order valence-corrected chi connectivity index (χ4v) is 1.72. The summed E-state index contributed by atoms with van der Waals surface area (Å²) in [6, 6.07) is 4.18. The molecule has 1 rings (SSSR count). The molecule has 0 fully saturated rings. The standard InChI is InChI=1S/C13H21NO2.ClH/c1-8(2)14-7-12(15)11-5-9(3)13(16)10(4)6-11;/h5-6,8,12,14-16H,7H2,1-4H3;1H. The highest BCUT2D eigenvalue weighted by Gasteiger charge is 2.13. The number of phenols is 1. The number of aliphatic hydroxyl groups excluding tert-OH is 1. The van der Waals surface area contributed by atoms with Gasteiger partial charge in [0.25, 0.3) is 0 Å². The van der Waals surface area contributed by atoms with Crippen LogP contribution in [0.3, 0.4) is 0 Å². The molecule has 4 N–H and O–H groups in total. The lowest BCUT2D eigenvalue weighted by molar-refractivity contribution is -0.689. The number of phenolic OH excluding ortho intramolecular Hbond substituents is 1. The first-order valence-electron chi connectivity index (χ1n) is 5.73. The third-order valence-corrected chi connectivity index (χ3v) is 2.73. The van der Waals surface area contributed by atoms with Gasteiger partial charge >= 0.3 is 0 Å². The van der Waals surface area contributed by atoms with Crippen LogP contribution in [0.4, 0.5) is 0 Å². The highest BCUT2D eigenvalue weighted by molar-refractivity contribution is 5.42. The summed E-state index contributed by atoms with van der Waals surface area (Å²) in [5.41, 5.74) is 2.52. The predicted octanol–water partition coefficient (Wildman–Crippen LogP) is -1.98. The highest BCUT2D eigenvalue weighted by atomic mass is 35.5. The minimum Gasteiger partial charge on any atom is -1.00 e. The first kappa shape index (κ1) is 16.2. The third-order valence-electron chi connectivity index (χ3n) is 2.73. The van der Waals surface area contributed by atoms with Crippen molar-refractivity contribution in [2.45, 2.75) is 39.8 Å². The van der Waals surface area contributed by atoms with Crippen LogP contribution in [-0.2, 0) is 0 Å². The predicted molar refractivity (Wildman–Crippen MR) is 64.5 cm³/mol. The molecule has 0 aliphatic rings. The average Bonchev–Trinajstić information content (AvgIpc) is 2.21. The summed E-state index contributed by atoms with van der Waals surface area (Å²) in [4.78, 5) is 0. The number of hydrogen-bond acceptors (Lipinski definition) is 2. The van der Waals surface area contributed by atoms with Crippen LogP contribution in [-0.4, -0.2) is 22.8 Å². The van der Waals surface area contributed by atoms with Crippen molar-refractivity contribution in [3.63, 3.8) is 0 Å². The van der Waals surface area contributed by atoms with Gasteiger partial charge < -0.3 is 27.9 Å². The van der Waals surface area contributed by atoms with Crippen LogP contribution in [0.1, 0.15) is 36.6 Å². The van der Waals surface area contributed by atoms with Gasteiger partial charge in [0.2, 0.25) is 0 Å². The number of quaternary nitrogens is 1. The van der Waals surface area contributed by atoms with Gasteiger partial charge in [-0.2, -0.15) is 0 Å². The van der Waals surface area contributed by atoms with E-state index < -0.39 is 6.10 Å². The van der Waals surface area contributed by atoms with Crippen LogP contribution in [0.5, 0.6) is 5.75 Å². The Morgan fingerprint density at radius 3 is 2.06 bits per heavy atom. The zero-order valence-electron chi connectivity index (χ0n) is 10.9. The Kier molecular flexibility index (Phi) is 6.53. The van der Waals surface area contributed by atoms with Crippen molar-refractivity contribution in [1.29, 1.82) is 0 Å². The van der Waals surface area contributed by atoms with Gasteiger partial charge in [0.15, 0.2) is 0 Å². The second-order valence-corrected chi connectivity index (χ2v) is 4.73. The second-order valence-electron chi connectivity index (χ2n) is 4.73. The van der Waals surface area contributed by atoms with Gasteiger partial charge in [0, 0.05) is 0 Å². The quantitative estimate of drug-likeness (QED) is 0.587. The van der Waals surface area contributed by atoms with Gasteiger partial charge in [-0.25, -0.2) is 0 Å². The molecule has 0 saturated carbocycles. The minimum atomic E-state index is -0.472. The smallest absolute Gasteiger partial charge is 0.128 e. The fourth-order valence-electron chi connectivity index (χ4n) is 1.72. The molecule has 4 heteroatoms. The number of halogens is 1. The van der Waals surface area contributed by atoms with Gasteiger partial charge in [-0.3, -0.25) is 0 Å². The first-order valence-corrected chi connectivity index (χ1v) is 5.73. The molecular weight excluding hydrogens is 238 g/mol. The molecule has 0 aromatic heterocycles. The van der Waals surface area contributed by atoms with E-state index in [1.54, 1.807) is 0 Å². The third kappa shape index (κ3) is 4.54. The van der Waals surface area contributed by atoms with Crippen LogP contribution in [0, 0.1) is 13.8 Å². The van der Waals surface area contributed by atoms with E-state index in [2.05, 4.69) is 19.2 Å². The molecule has 1 aromatic rings. The van der Waals surface area contributed by atoms with E-state index in [1.807, 2.05) is 26.0 Å². The van der Waals surface area contributed by atoms with Crippen LogP contribution in [0.2, 0.25) is 0 Å². The second kappa shape index (κ2) is 6.84. The lowest BCUT2D eigenvalue weighted by atomic mass is 10.0. The number of aliphatic hydroxyl groups is 1. The van der Waals surface area contributed by atoms with E-state index >= 15 is 0 Å². The largest absolute Gasteiger partial charge is 1.00 e. The molecule has 0 aliphatic heterocycles. The van der Waals surface area contributed by atoms with Gasteiger partial charge in [-0.1, -0.05) is 0 Å². The molecular formula is C13H22ClNO2. The van der Waals surface area contributed by atoms with Crippen molar-refractivity contribution in [2.75, 3.05) is 6.54 Å². The maximum absolute atomic E-state index is 10.00. The number of nitrogens with two attached hydrogens (primary N) is 1. The fraction of sp³-hybridized carbons (Fsp3) is 0.538. The normalized spacial score (nSPS) is 12.4. The highest BCUT2D eigenvalue weighted by Crippen LogP contribution is 2.25. The van der Waals surface area contributed by atoms with Crippen LogP contribution >= 0.6 is 0 Å². The molecule has 0 heterocycles. The summed E-state index contributed by atoms with van der Waals surface area (Å²) in [5, 5.41) is 21.7. The molecule has 0 spiro atoms. The molecule has 17 heavy (non-hydrogen) atoms. The van der Waals surface area contributed by atoms with Crippen LogP contribution in [0.15, 0.2) is 12.1 Å². The van der Waals surface area contributed by atoms with Crippen LogP contribution in [0.25, 0.3) is 0 Å². The lowest BCUT2D eigenvalue weighted by Crippen LogP contribution is -3.00. The molecule has 3 nitrogen and oxygen atoms in total. The van der Waals surface area contributed by atoms with Crippen LogP contribution < -0.4 is 17.7 Å². The summed E-state index contributed by atoms with van der Waals surface area (Å²) in [6.45, 7) is 8.55. The molecule has 0 aliphatic carbocycles. The van der Waals surface area contributed by atoms with E-state index in [-0.39, 0.29) is 12.4 Å². The molecule has 0 bridgehead atoms. The maximum atomic E-state index is 10.00. The number of rotatable bonds is 4. The van der Waals surface area contributed by atoms with E-state index in [4.69, 9.17) is 0 Å². The summed E-state index contributed by atoms with van der Waals surface area (Å²) >= 11 is 0. The first-order chi connectivity index (χ1) is 7.41. The van der Waals surface area contributed by atoms with E-state index in [1.165, 1.54) is 0 Å². The van der Waals surface area contributed by atoms with Crippen molar-refractivity contribution >= 4 is 0 Å². The Labute approximate surface area is 109 Å². The Balaban J connectivity index is 0.00000256. The average molecular weight is 260 g/mol. The summed E-state index contributed by atoms with van der Waals surface area (Å²) in [6.07, 6.45) is -0.472. The number of aromatic hydroxyl groups is 1. The Hall–Kier alpha value is -0.770. The molecule has 1 atom stereocenters. The number of hydrogen-bond donors (Lipinski definition) is 3. The molecule has 0 radical (unpaired) electrons. The zero-order valence-corrected chi connectivity index (χ0v) is 11.6. The van der Waals surface area contributed by atoms with Crippen molar-refractivity contribution in [3.05, 3.63) is 28.8 Å². The summed E-state index contributed by atoms with van der Waals surface area (Å²) in [7, 11) is 0. The van der Waals surface area contributed by atoms with E-state index in [0.29, 0.717) is 18.3 Å². The van der Waals surface area contributed by atoms with Crippen molar-refractivity contribution in [1.82, 2.24) is 0 Å². The van der Waals surface area contributed by atoms with Crippen molar-refractivity contribution in [3.8, 4) is 5.75 Å². The Bertz CT molecular complexity index is 343. The molecule has 0 saturated heterocycles. The lowest BCUT2D eigenvalue weighted by Gasteiger charge is -2.14. The molecule has 1 aromatic carbocycles. The maximum Gasteiger partial charge on any atom is 0.128 e.